The molecule has 0 saturated heterocycles. The van der Waals surface area contributed by atoms with Crippen molar-refractivity contribution in [3.63, 3.8) is 0 Å². The van der Waals surface area contributed by atoms with Crippen molar-refractivity contribution in [2.24, 2.45) is 0 Å². The molecule has 1 rings (SSSR count). The molecule has 0 bridgehead atoms. The SMILES string of the molecule is CC.CCCNC(=O)Nc1cc(C)ccn1. The van der Waals surface area contributed by atoms with Crippen LogP contribution >= 0.6 is 0 Å². The van der Waals surface area contributed by atoms with Gasteiger partial charge < -0.3 is 5.32 Å². The minimum Gasteiger partial charge on any atom is -0.338 e. The summed E-state index contributed by atoms with van der Waals surface area (Å²) >= 11 is 0. The zero-order valence-electron chi connectivity index (χ0n) is 10.5. The second-order valence-corrected chi connectivity index (χ2v) is 3.10. The lowest BCUT2D eigenvalue weighted by molar-refractivity contribution is 0.252. The number of nitrogens with zero attached hydrogens (tertiary/aromatic N) is 1. The highest BCUT2D eigenvalue weighted by Gasteiger charge is 2.00. The number of aryl methyl sites for hydroxylation is 1. The molecule has 0 fully saturated rings. The molecule has 2 amide bonds. The van der Waals surface area contributed by atoms with Crippen LogP contribution in [0.2, 0.25) is 0 Å². The van der Waals surface area contributed by atoms with Crippen LogP contribution in [0.1, 0.15) is 32.8 Å². The van der Waals surface area contributed by atoms with Gasteiger partial charge in [0.25, 0.3) is 0 Å². The van der Waals surface area contributed by atoms with Gasteiger partial charge in [0.2, 0.25) is 0 Å². The summed E-state index contributed by atoms with van der Waals surface area (Å²) in [5.74, 6) is 0.582. The molecule has 0 aliphatic rings. The van der Waals surface area contributed by atoms with Crippen molar-refractivity contribution in [1.29, 1.82) is 0 Å². The molecule has 90 valence electrons. The number of hydrogen-bond donors (Lipinski definition) is 2. The molecule has 0 radical (unpaired) electrons. The number of aromatic nitrogens is 1. The summed E-state index contributed by atoms with van der Waals surface area (Å²) in [7, 11) is 0. The van der Waals surface area contributed by atoms with E-state index in [0.717, 1.165) is 12.0 Å². The van der Waals surface area contributed by atoms with E-state index in [2.05, 4.69) is 15.6 Å². The number of urea groups is 1. The van der Waals surface area contributed by atoms with Gasteiger partial charge in [0.15, 0.2) is 0 Å². The fraction of sp³-hybridized carbons (Fsp3) is 0.500. The predicted molar refractivity (Wildman–Crippen MR) is 67.6 cm³/mol. The maximum atomic E-state index is 11.2. The van der Waals surface area contributed by atoms with Crippen LogP contribution in [0, 0.1) is 6.92 Å². The standard InChI is InChI=1S/C10H15N3O.C2H6/c1-3-5-12-10(14)13-9-7-8(2)4-6-11-9;1-2/h4,6-7H,3,5H2,1-2H3,(H2,11,12,13,14);1-2H3. The molecule has 0 saturated carbocycles. The quantitative estimate of drug-likeness (QED) is 0.827. The zero-order chi connectivity index (χ0) is 12.4. The largest absolute Gasteiger partial charge is 0.338 e. The van der Waals surface area contributed by atoms with Gasteiger partial charge in [-0.05, 0) is 31.0 Å². The van der Waals surface area contributed by atoms with Gasteiger partial charge in [0, 0.05) is 12.7 Å². The Morgan fingerprint density at radius 2 is 2.12 bits per heavy atom. The Morgan fingerprint density at radius 1 is 1.44 bits per heavy atom. The molecule has 1 aromatic rings. The monoisotopic (exact) mass is 223 g/mol. The van der Waals surface area contributed by atoms with E-state index in [1.165, 1.54) is 0 Å². The van der Waals surface area contributed by atoms with Crippen LogP contribution in [0.4, 0.5) is 10.6 Å². The fourth-order valence-electron chi connectivity index (χ4n) is 1.00. The van der Waals surface area contributed by atoms with E-state index in [9.17, 15) is 4.79 Å². The Labute approximate surface area is 97.5 Å². The molecule has 1 heterocycles. The number of anilines is 1. The summed E-state index contributed by atoms with van der Waals surface area (Å²) in [4.78, 5) is 15.2. The number of carbonyl (C=O) groups is 1. The third kappa shape index (κ3) is 6.01. The number of amides is 2. The maximum absolute atomic E-state index is 11.2. The van der Waals surface area contributed by atoms with E-state index in [1.54, 1.807) is 6.20 Å². The Bertz CT molecular complexity index is 313. The van der Waals surface area contributed by atoms with Gasteiger partial charge in [-0.2, -0.15) is 0 Å². The first-order chi connectivity index (χ1) is 7.72. The van der Waals surface area contributed by atoms with E-state index < -0.39 is 0 Å². The first-order valence-corrected chi connectivity index (χ1v) is 5.70. The molecule has 0 atom stereocenters. The van der Waals surface area contributed by atoms with Gasteiger partial charge in [-0.25, -0.2) is 9.78 Å². The van der Waals surface area contributed by atoms with Crippen molar-refractivity contribution >= 4 is 11.8 Å². The average molecular weight is 223 g/mol. The summed E-state index contributed by atoms with van der Waals surface area (Å²) in [5, 5.41) is 5.37. The van der Waals surface area contributed by atoms with E-state index in [-0.39, 0.29) is 6.03 Å². The molecule has 2 N–H and O–H groups in total. The van der Waals surface area contributed by atoms with Gasteiger partial charge in [0.1, 0.15) is 5.82 Å². The van der Waals surface area contributed by atoms with E-state index in [4.69, 9.17) is 0 Å². The lowest BCUT2D eigenvalue weighted by Gasteiger charge is -2.05. The van der Waals surface area contributed by atoms with Crippen molar-refractivity contribution in [3.05, 3.63) is 23.9 Å². The van der Waals surface area contributed by atoms with Gasteiger partial charge in [-0.3, -0.25) is 5.32 Å². The van der Waals surface area contributed by atoms with Crippen molar-refractivity contribution < 1.29 is 4.79 Å². The summed E-state index contributed by atoms with van der Waals surface area (Å²) in [5.41, 5.74) is 1.07. The van der Waals surface area contributed by atoms with E-state index in [0.29, 0.717) is 12.4 Å². The molecule has 4 heteroatoms. The van der Waals surface area contributed by atoms with E-state index in [1.807, 2.05) is 39.8 Å². The summed E-state index contributed by atoms with van der Waals surface area (Å²) in [6.45, 7) is 8.64. The second-order valence-electron chi connectivity index (χ2n) is 3.10. The molecule has 16 heavy (non-hydrogen) atoms. The van der Waals surface area contributed by atoms with Crippen LogP contribution in [-0.4, -0.2) is 17.6 Å². The first-order valence-electron chi connectivity index (χ1n) is 5.70. The van der Waals surface area contributed by atoms with Crippen molar-refractivity contribution in [3.8, 4) is 0 Å². The Kier molecular flexibility index (Phi) is 7.85. The molecule has 0 aliphatic carbocycles. The number of pyridine rings is 1. The van der Waals surface area contributed by atoms with Crippen LogP contribution in [0.15, 0.2) is 18.3 Å². The van der Waals surface area contributed by atoms with Crippen molar-refractivity contribution in [2.45, 2.75) is 34.1 Å². The Hall–Kier alpha value is -1.58. The highest BCUT2D eigenvalue weighted by atomic mass is 16.2. The highest BCUT2D eigenvalue weighted by molar-refractivity contribution is 5.88. The lowest BCUT2D eigenvalue weighted by atomic mass is 10.3. The molecule has 0 spiro atoms. The van der Waals surface area contributed by atoms with Crippen molar-refractivity contribution in [2.75, 3.05) is 11.9 Å². The van der Waals surface area contributed by atoms with Crippen LogP contribution in [0.5, 0.6) is 0 Å². The molecule has 0 aliphatic heterocycles. The fourth-order valence-corrected chi connectivity index (χ4v) is 1.00. The molecular weight excluding hydrogens is 202 g/mol. The Morgan fingerprint density at radius 3 is 2.69 bits per heavy atom. The van der Waals surface area contributed by atoms with Gasteiger partial charge in [-0.1, -0.05) is 20.8 Å². The minimum atomic E-state index is -0.204. The molecule has 0 unspecified atom stereocenters. The molecular formula is C12H21N3O. The third-order valence-electron chi connectivity index (χ3n) is 1.69. The molecule has 4 nitrogen and oxygen atoms in total. The number of rotatable bonds is 3. The molecule has 1 aromatic heterocycles. The number of hydrogen-bond acceptors (Lipinski definition) is 2. The van der Waals surface area contributed by atoms with Gasteiger partial charge in [0.05, 0.1) is 0 Å². The van der Waals surface area contributed by atoms with Gasteiger partial charge in [-0.15, -0.1) is 0 Å². The molecule has 0 aromatic carbocycles. The first kappa shape index (κ1) is 14.4. The summed E-state index contributed by atoms with van der Waals surface area (Å²) < 4.78 is 0. The minimum absolute atomic E-state index is 0.204. The zero-order valence-corrected chi connectivity index (χ0v) is 10.5. The predicted octanol–water partition coefficient (Wildman–Crippen LogP) is 2.95. The third-order valence-corrected chi connectivity index (χ3v) is 1.69. The van der Waals surface area contributed by atoms with Crippen LogP contribution in [-0.2, 0) is 0 Å². The van der Waals surface area contributed by atoms with Crippen molar-refractivity contribution in [1.82, 2.24) is 10.3 Å². The lowest BCUT2D eigenvalue weighted by Crippen LogP contribution is -2.29. The van der Waals surface area contributed by atoms with E-state index >= 15 is 0 Å². The highest BCUT2D eigenvalue weighted by Crippen LogP contribution is 2.04. The second kappa shape index (κ2) is 8.71. The van der Waals surface area contributed by atoms with Gasteiger partial charge >= 0.3 is 6.03 Å². The Balaban J connectivity index is 0.00000106. The number of nitrogens with one attached hydrogen (secondary N) is 2. The van der Waals surface area contributed by atoms with Crippen LogP contribution in [0.3, 0.4) is 0 Å². The smallest absolute Gasteiger partial charge is 0.320 e. The number of carbonyl (C=O) groups excluding carboxylic acids is 1. The topological polar surface area (TPSA) is 54.0 Å². The summed E-state index contributed by atoms with van der Waals surface area (Å²) in [6, 6.07) is 3.51. The normalized spacial score (nSPS) is 8.75. The van der Waals surface area contributed by atoms with Crippen LogP contribution < -0.4 is 10.6 Å². The maximum Gasteiger partial charge on any atom is 0.320 e. The van der Waals surface area contributed by atoms with Crippen LogP contribution in [0.25, 0.3) is 0 Å². The summed E-state index contributed by atoms with van der Waals surface area (Å²) in [6.07, 6.45) is 2.60. The average Bonchev–Trinajstić information content (AvgIpc) is 2.29.